The maximum absolute atomic E-state index is 6.24. The molecule has 0 bridgehead atoms. The van der Waals surface area contributed by atoms with Gasteiger partial charge >= 0.3 is 0 Å². The molecule has 5 heteroatoms. The predicted octanol–water partition coefficient (Wildman–Crippen LogP) is 3.50. The molecule has 0 aliphatic rings. The first-order valence-corrected chi connectivity index (χ1v) is 7.06. The fourth-order valence-electron chi connectivity index (χ4n) is 2.18. The number of rotatable bonds is 4. The van der Waals surface area contributed by atoms with Gasteiger partial charge in [-0.3, -0.25) is 0 Å². The third kappa shape index (κ3) is 2.17. The average molecular weight is 273 g/mol. The number of furan rings is 1. The number of fused-ring (bicyclic) bond motifs is 1. The molecule has 2 aromatic heterocycles. The van der Waals surface area contributed by atoms with Gasteiger partial charge in [0, 0.05) is 6.54 Å². The van der Waals surface area contributed by atoms with Crippen LogP contribution in [0.3, 0.4) is 0 Å². The normalized spacial score (nSPS) is 11.0. The molecule has 0 amide bonds. The summed E-state index contributed by atoms with van der Waals surface area (Å²) in [6.45, 7) is 3.68. The molecule has 2 heterocycles. The zero-order valence-electron chi connectivity index (χ0n) is 10.7. The Bertz CT molecular complexity index is 675. The zero-order chi connectivity index (χ0) is 13.2. The number of nitrogen functional groups attached to an aromatic ring is 1. The third-order valence-corrected chi connectivity index (χ3v) is 3.96. The van der Waals surface area contributed by atoms with Crippen molar-refractivity contribution in [2.24, 2.45) is 0 Å². The molecule has 0 saturated carbocycles. The zero-order valence-corrected chi connectivity index (χ0v) is 11.5. The quantitative estimate of drug-likeness (QED) is 0.739. The molecule has 2 N–H and O–H groups in total. The highest BCUT2D eigenvalue weighted by Crippen LogP contribution is 2.33. The van der Waals surface area contributed by atoms with Gasteiger partial charge in [0.15, 0.2) is 0 Å². The van der Waals surface area contributed by atoms with Gasteiger partial charge in [-0.1, -0.05) is 0 Å². The molecule has 0 spiro atoms. The molecule has 0 radical (unpaired) electrons. The van der Waals surface area contributed by atoms with Crippen LogP contribution in [0.25, 0.3) is 10.2 Å². The Morgan fingerprint density at radius 3 is 3.00 bits per heavy atom. The lowest BCUT2D eigenvalue weighted by molar-refractivity contribution is 0.504. The Labute approximate surface area is 115 Å². The highest BCUT2D eigenvalue weighted by molar-refractivity contribution is 7.16. The number of nitrogens with two attached hydrogens (primary N) is 1. The van der Waals surface area contributed by atoms with E-state index >= 15 is 0 Å². The molecule has 3 aromatic rings. The van der Waals surface area contributed by atoms with Gasteiger partial charge < -0.3 is 15.1 Å². The van der Waals surface area contributed by atoms with E-state index in [1.807, 2.05) is 17.6 Å². The summed E-state index contributed by atoms with van der Waals surface area (Å²) < 4.78 is 6.52. The fourth-order valence-corrected chi connectivity index (χ4v) is 2.87. The first-order chi connectivity index (χ1) is 9.29. The summed E-state index contributed by atoms with van der Waals surface area (Å²) in [5.41, 5.74) is 10.7. The SMILES string of the molecule is CCN(Cc1ccco1)c1ccc2scnc2c1N. The Morgan fingerprint density at radius 1 is 1.37 bits per heavy atom. The van der Waals surface area contributed by atoms with E-state index in [4.69, 9.17) is 10.2 Å². The first-order valence-electron chi connectivity index (χ1n) is 6.18. The standard InChI is InChI=1S/C14H15N3OS/c1-2-17(8-10-4-3-7-18-10)11-5-6-12-14(13(11)15)16-9-19-12/h3-7,9H,2,8,15H2,1H3. The molecular formula is C14H15N3OS. The lowest BCUT2D eigenvalue weighted by atomic mass is 10.2. The molecule has 0 aliphatic carbocycles. The third-order valence-electron chi connectivity index (χ3n) is 3.17. The highest BCUT2D eigenvalue weighted by Gasteiger charge is 2.13. The molecule has 3 rings (SSSR count). The van der Waals surface area contributed by atoms with Crippen LogP contribution in [0.4, 0.5) is 11.4 Å². The van der Waals surface area contributed by atoms with Crippen molar-refractivity contribution in [3.8, 4) is 0 Å². The van der Waals surface area contributed by atoms with Crippen LogP contribution in [-0.4, -0.2) is 11.5 Å². The van der Waals surface area contributed by atoms with Crippen LogP contribution >= 0.6 is 11.3 Å². The van der Waals surface area contributed by atoms with Gasteiger partial charge in [0.1, 0.15) is 11.3 Å². The van der Waals surface area contributed by atoms with Gasteiger partial charge in [0.25, 0.3) is 0 Å². The van der Waals surface area contributed by atoms with Crippen LogP contribution < -0.4 is 10.6 Å². The van der Waals surface area contributed by atoms with Crippen LogP contribution in [-0.2, 0) is 6.54 Å². The Kier molecular flexibility index (Phi) is 3.13. The Balaban J connectivity index is 1.98. The predicted molar refractivity (Wildman–Crippen MR) is 79.5 cm³/mol. The summed E-state index contributed by atoms with van der Waals surface area (Å²) in [7, 11) is 0. The summed E-state index contributed by atoms with van der Waals surface area (Å²) >= 11 is 1.61. The molecule has 0 aliphatic heterocycles. The molecule has 1 aromatic carbocycles. The second-order valence-corrected chi connectivity index (χ2v) is 5.18. The second kappa shape index (κ2) is 4.93. The summed E-state index contributed by atoms with van der Waals surface area (Å²) in [5.74, 6) is 0.930. The number of thiazole rings is 1. The number of anilines is 2. The molecule has 0 unspecified atom stereocenters. The minimum absolute atomic E-state index is 0.712. The van der Waals surface area contributed by atoms with E-state index in [1.54, 1.807) is 17.6 Å². The van der Waals surface area contributed by atoms with Crippen LogP contribution in [0.2, 0.25) is 0 Å². The topological polar surface area (TPSA) is 55.3 Å². The van der Waals surface area contributed by atoms with Gasteiger partial charge in [0.05, 0.1) is 34.4 Å². The highest BCUT2D eigenvalue weighted by atomic mass is 32.1. The van der Waals surface area contributed by atoms with Crippen LogP contribution in [0.1, 0.15) is 12.7 Å². The largest absolute Gasteiger partial charge is 0.467 e. The fraction of sp³-hybridized carbons (Fsp3) is 0.214. The van der Waals surface area contributed by atoms with Crippen molar-refractivity contribution in [1.82, 2.24) is 4.98 Å². The van der Waals surface area contributed by atoms with Gasteiger partial charge in [0.2, 0.25) is 0 Å². The van der Waals surface area contributed by atoms with Crippen molar-refractivity contribution in [3.63, 3.8) is 0 Å². The lowest BCUT2D eigenvalue weighted by Gasteiger charge is -2.23. The summed E-state index contributed by atoms with van der Waals surface area (Å²) in [4.78, 5) is 6.52. The van der Waals surface area contributed by atoms with E-state index in [9.17, 15) is 0 Å². The van der Waals surface area contributed by atoms with E-state index in [1.165, 1.54) is 0 Å². The Hall–Kier alpha value is -2.01. The van der Waals surface area contributed by atoms with Crippen molar-refractivity contribution in [3.05, 3.63) is 41.8 Å². The maximum Gasteiger partial charge on any atom is 0.123 e. The number of benzene rings is 1. The van der Waals surface area contributed by atoms with Crippen molar-refractivity contribution in [1.29, 1.82) is 0 Å². The minimum Gasteiger partial charge on any atom is -0.467 e. The molecule has 0 saturated heterocycles. The Morgan fingerprint density at radius 2 is 2.26 bits per heavy atom. The number of nitrogens with zero attached hydrogens (tertiary/aromatic N) is 2. The average Bonchev–Trinajstić information content (AvgIpc) is 3.08. The lowest BCUT2D eigenvalue weighted by Crippen LogP contribution is -2.22. The second-order valence-electron chi connectivity index (χ2n) is 4.29. The summed E-state index contributed by atoms with van der Waals surface area (Å²) in [5, 5.41) is 0. The van der Waals surface area contributed by atoms with Gasteiger partial charge in [-0.2, -0.15) is 0 Å². The van der Waals surface area contributed by atoms with Gasteiger partial charge in [-0.05, 0) is 31.2 Å². The number of hydrogen-bond donors (Lipinski definition) is 1. The van der Waals surface area contributed by atoms with E-state index in [0.29, 0.717) is 6.54 Å². The van der Waals surface area contributed by atoms with Gasteiger partial charge in [-0.25, -0.2) is 4.98 Å². The van der Waals surface area contributed by atoms with Gasteiger partial charge in [-0.15, -0.1) is 11.3 Å². The minimum atomic E-state index is 0.712. The van der Waals surface area contributed by atoms with Crippen molar-refractivity contribution < 1.29 is 4.42 Å². The molecule has 4 nitrogen and oxygen atoms in total. The molecule has 98 valence electrons. The van der Waals surface area contributed by atoms with Crippen LogP contribution in [0.15, 0.2) is 40.5 Å². The maximum atomic E-state index is 6.24. The summed E-state index contributed by atoms with van der Waals surface area (Å²) in [6.07, 6.45) is 1.69. The van der Waals surface area contributed by atoms with Crippen molar-refractivity contribution in [2.45, 2.75) is 13.5 Å². The number of hydrogen-bond acceptors (Lipinski definition) is 5. The van der Waals surface area contributed by atoms with E-state index < -0.39 is 0 Å². The number of aromatic nitrogens is 1. The monoisotopic (exact) mass is 273 g/mol. The van der Waals surface area contributed by atoms with Crippen LogP contribution in [0, 0.1) is 0 Å². The summed E-state index contributed by atoms with van der Waals surface area (Å²) in [6, 6.07) is 8.00. The van der Waals surface area contributed by atoms with E-state index in [-0.39, 0.29) is 0 Å². The molecule has 19 heavy (non-hydrogen) atoms. The van der Waals surface area contributed by atoms with Crippen molar-refractivity contribution >= 4 is 32.9 Å². The first kappa shape index (κ1) is 12.0. The van der Waals surface area contributed by atoms with Crippen molar-refractivity contribution in [2.75, 3.05) is 17.2 Å². The molecule has 0 atom stereocenters. The van der Waals surface area contributed by atoms with E-state index in [2.05, 4.69) is 28.9 Å². The molecule has 0 fully saturated rings. The van der Waals surface area contributed by atoms with E-state index in [0.717, 1.165) is 33.9 Å². The smallest absolute Gasteiger partial charge is 0.123 e. The van der Waals surface area contributed by atoms with Crippen LogP contribution in [0.5, 0.6) is 0 Å². The molecular weight excluding hydrogens is 258 g/mol.